The third kappa shape index (κ3) is 2.26. The second-order valence-corrected chi connectivity index (χ2v) is 3.12. The zero-order chi connectivity index (χ0) is 8.97. The van der Waals surface area contributed by atoms with Gasteiger partial charge in [-0.1, -0.05) is 24.1 Å². The maximum absolute atomic E-state index is 5.19. The fourth-order valence-corrected chi connectivity index (χ4v) is 1.30. The molecule has 1 heteroatoms. The molecule has 1 aliphatic rings. The van der Waals surface area contributed by atoms with Gasteiger partial charge in [-0.25, -0.2) is 0 Å². The van der Waals surface area contributed by atoms with E-state index in [-0.39, 0.29) is 0 Å². The minimum Gasteiger partial charge on any atom is -0.497 e. The summed E-state index contributed by atoms with van der Waals surface area (Å²) in [6, 6.07) is 0. The molecule has 0 aromatic carbocycles. The number of rotatable bonds is 2. The molecule has 0 N–H and O–H groups in total. The van der Waals surface area contributed by atoms with E-state index in [1.807, 2.05) is 6.08 Å². The van der Waals surface area contributed by atoms with Crippen molar-refractivity contribution >= 4 is 0 Å². The van der Waals surface area contributed by atoms with Gasteiger partial charge < -0.3 is 4.74 Å². The molecule has 0 heterocycles. The Morgan fingerprint density at radius 2 is 2.17 bits per heavy atom. The van der Waals surface area contributed by atoms with Gasteiger partial charge in [0.2, 0.25) is 0 Å². The van der Waals surface area contributed by atoms with Crippen LogP contribution < -0.4 is 0 Å². The Labute approximate surface area is 74.4 Å². The molecule has 0 saturated carbocycles. The van der Waals surface area contributed by atoms with Gasteiger partial charge in [-0.3, -0.25) is 0 Å². The molecule has 1 aliphatic carbocycles. The minimum atomic E-state index is 0.962. The number of ether oxygens (including phenoxy) is 1. The van der Waals surface area contributed by atoms with E-state index >= 15 is 0 Å². The van der Waals surface area contributed by atoms with Gasteiger partial charge in [-0.15, -0.1) is 0 Å². The fraction of sp³-hybridized carbons (Fsp3) is 0.455. The van der Waals surface area contributed by atoms with E-state index in [0.717, 1.165) is 18.6 Å². The van der Waals surface area contributed by atoms with Crippen molar-refractivity contribution in [2.45, 2.75) is 26.7 Å². The topological polar surface area (TPSA) is 9.23 Å². The van der Waals surface area contributed by atoms with Crippen LogP contribution in [0.5, 0.6) is 0 Å². The molecule has 0 spiro atoms. The second-order valence-electron chi connectivity index (χ2n) is 3.12. The maximum atomic E-state index is 5.19. The summed E-state index contributed by atoms with van der Waals surface area (Å²) in [6.45, 7) is 4.33. The van der Waals surface area contributed by atoms with E-state index in [0.29, 0.717) is 0 Å². The first kappa shape index (κ1) is 9.11. The van der Waals surface area contributed by atoms with Crippen molar-refractivity contribution in [2.75, 3.05) is 7.11 Å². The Hall–Kier alpha value is -0.980. The molecular formula is C11H16O. The molecule has 12 heavy (non-hydrogen) atoms. The predicted molar refractivity (Wildman–Crippen MR) is 51.8 cm³/mol. The standard InChI is InChI=1S/C11H16O/c1-4-10-7-9(2)5-6-11(8-10)12-3/h5-6,8H,4,7H2,1-3H3. The van der Waals surface area contributed by atoms with Gasteiger partial charge in [0.05, 0.1) is 7.11 Å². The quantitative estimate of drug-likeness (QED) is 0.609. The van der Waals surface area contributed by atoms with E-state index in [4.69, 9.17) is 4.74 Å². The SMILES string of the molecule is CCC1=CC(OC)=CC=C(C)C1. The lowest BCUT2D eigenvalue weighted by Crippen LogP contribution is -1.84. The average Bonchev–Trinajstić information content (AvgIpc) is 2.26. The van der Waals surface area contributed by atoms with Crippen LogP contribution in [-0.2, 0) is 4.74 Å². The predicted octanol–water partition coefficient (Wildman–Crippen LogP) is 3.20. The van der Waals surface area contributed by atoms with E-state index in [1.165, 1.54) is 11.1 Å². The van der Waals surface area contributed by atoms with Crippen LogP contribution in [0.4, 0.5) is 0 Å². The van der Waals surface area contributed by atoms with Gasteiger partial charge in [0, 0.05) is 0 Å². The third-order valence-corrected chi connectivity index (χ3v) is 2.07. The third-order valence-electron chi connectivity index (χ3n) is 2.07. The molecule has 0 fully saturated rings. The molecule has 1 nitrogen and oxygen atoms in total. The molecule has 0 radical (unpaired) electrons. The smallest absolute Gasteiger partial charge is 0.118 e. The van der Waals surface area contributed by atoms with Gasteiger partial charge in [-0.2, -0.15) is 0 Å². The summed E-state index contributed by atoms with van der Waals surface area (Å²) < 4.78 is 5.19. The van der Waals surface area contributed by atoms with E-state index < -0.39 is 0 Å². The number of methoxy groups -OCH3 is 1. The van der Waals surface area contributed by atoms with Gasteiger partial charge in [-0.05, 0) is 31.9 Å². The molecule has 0 aliphatic heterocycles. The van der Waals surface area contributed by atoms with E-state index in [2.05, 4.69) is 26.0 Å². The zero-order valence-corrected chi connectivity index (χ0v) is 8.05. The average molecular weight is 164 g/mol. The van der Waals surface area contributed by atoms with Crippen LogP contribution in [0, 0.1) is 0 Å². The van der Waals surface area contributed by atoms with Crippen molar-refractivity contribution in [3.63, 3.8) is 0 Å². The first-order valence-electron chi connectivity index (χ1n) is 4.37. The normalized spacial score (nSPS) is 17.4. The van der Waals surface area contributed by atoms with Crippen LogP contribution in [-0.4, -0.2) is 7.11 Å². The number of hydrogen-bond acceptors (Lipinski definition) is 1. The summed E-state index contributed by atoms with van der Waals surface area (Å²) in [5.41, 5.74) is 2.84. The lowest BCUT2D eigenvalue weighted by Gasteiger charge is -2.03. The number of allylic oxidation sites excluding steroid dienone is 5. The molecule has 0 aromatic rings. The Morgan fingerprint density at radius 3 is 2.75 bits per heavy atom. The fourth-order valence-electron chi connectivity index (χ4n) is 1.30. The molecule has 0 saturated heterocycles. The van der Waals surface area contributed by atoms with Crippen LogP contribution in [0.1, 0.15) is 26.7 Å². The number of hydrogen-bond donors (Lipinski definition) is 0. The van der Waals surface area contributed by atoms with Crippen LogP contribution in [0.3, 0.4) is 0 Å². The highest BCUT2D eigenvalue weighted by Gasteiger charge is 2.02. The van der Waals surface area contributed by atoms with Gasteiger partial charge in [0.1, 0.15) is 5.76 Å². The van der Waals surface area contributed by atoms with Crippen molar-refractivity contribution in [1.29, 1.82) is 0 Å². The summed E-state index contributed by atoms with van der Waals surface area (Å²) >= 11 is 0. The summed E-state index contributed by atoms with van der Waals surface area (Å²) in [7, 11) is 1.71. The summed E-state index contributed by atoms with van der Waals surface area (Å²) in [4.78, 5) is 0. The molecular weight excluding hydrogens is 148 g/mol. The van der Waals surface area contributed by atoms with Gasteiger partial charge in [0.25, 0.3) is 0 Å². The van der Waals surface area contributed by atoms with Gasteiger partial charge in [0.15, 0.2) is 0 Å². The van der Waals surface area contributed by atoms with Crippen molar-refractivity contribution in [3.05, 3.63) is 35.1 Å². The van der Waals surface area contributed by atoms with E-state index in [9.17, 15) is 0 Å². The van der Waals surface area contributed by atoms with Crippen molar-refractivity contribution < 1.29 is 4.74 Å². The van der Waals surface area contributed by atoms with Crippen LogP contribution in [0.2, 0.25) is 0 Å². The Kier molecular flexibility index (Phi) is 3.15. The van der Waals surface area contributed by atoms with Crippen molar-refractivity contribution in [1.82, 2.24) is 0 Å². The minimum absolute atomic E-state index is 0.962. The Bertz CT molecular complexity index is 244. The van der Waals surface area contributed by atoms with Gasteiger partial charge >= 0.3 is 0 Å². The molecule has 0 bridgehead atoms. The summed E-state index contributed by atoms with van der Waals surface area (Å²) in [5, 5.41) is 0. The first-order chi connectivity index (χ1) is 5.76. The van der Waals surface area contributed by atoms with Crippen LogP contribution >= 0.6 is 0 Å². The Morgan fingerprint density at radius 1 is 1.42 bits per heavy atom. The second kappa shape index (κ2) is 4.15. The summed E-state index contributed by atoms with van der Waals surface area (Å²) in [5.74, 6) is 0.962. The molecule has 66 valence electrons. The van der Waals surface area contributed by atoms with Crippen molar-refractivity contribution in [2.24, 2.45) is 0 Å². The lowest BCUT2D eigenvalue weighted by molar-refractivity contribution is 0.306. The lowest BCUT2D eigenvalue weighted by atomic mass is 10.1. The molecule has 0 aromatic heterocycles. The van der Waals surface area contributed by atoms with E-state index in [1.54, 1.807) is 7.11 Å². The molecule has 0 atom stereocenters. The van der Waals surface area contributed by atoms with Crippen LogP contribution in [0.15, 0.2) is 35.1 Å². The first-order valence-corrected chi connectivity index (χ1v) is 4.37. The monoisotopic (exact) mass is 164 g/mol. The maximum Gasteiger partial charge on any atom is 0.118 e. The molecule has 0 unspecified atom stereocenters. The molecule has 1 rings (SSSR count). The summed E-state index contributed by atoms with van der Waals surface area (Å²) in [6.07, 6.45) is 8.47. The van der Waals surface area contributed by atoms with Crippen LogP contribution in [0.25, 0.3) is 0 Å². The molecule has 0 amide bonds. The highest BCUT2D eigenvalue weighted by atomic mass is 16.5. The zero-order valence-electron chi connectivity index (χ0n) is 8.05. The van der Waals surface area contributed by atoms with Crippen molar-refractivity contribution in [3.8, 4) is 0 Å². The Balaban J connectivity index is 2.87. The highest BCUT2D eigenvalue weighted by molar-refractivity contribution is 5.31. The highest BCUT2D eigenvalue weighted by Crippen LogP contribution is 2.19. The largest absolute Gasteiger partial charge is 0.497 e.